The molecule has 9 heteroatoms. The summed E-state index contributed by atoms with van der Waals surface area (Å²) in [5, 5.41) is 14.9. The number of carboxylic acid groups (broad SMARTS) is 1. The van der Waals surface area contributed by atoms with Crippen LogP contribution in [0.4, 0.5) is 5.69 Å². The van der Waals surface area contributed by atoms with E-state index in [9.17, 15) is 9.59 Å². The molecule has 2 aromatic rings. The highest BCUT2D eigenvalue weighted by Crippen LogP contribution is 2.25. The molecule has 0 spiro atoms. The monoisotopic (exact) mass is 368 g/mol. The summed E-state index contributed by atoms with van der Waals surface area (Å²) in [6.07, 6.45) is 0.407. The highest BCUT2D eigenvalue weighted by Gasteiger charge is 2.29. The standard InChI is InChI=1S/C19H15B3N2O4/c1-10(19(26)27)28-17-5-3-12(20)6-14(17)18(25)11-8-23-24(9-11)16-4-2-13(21)7-15(16)22/h2-8,10-11H,9H2,1H3,(H,26,27). The van der Waals surface area contributed by atoms with E-state index in [0.29, 0.717) is 22.1 Å². The topological polar surface area (TPSA) is 79.2 Å². The molecule has 0 aromatic heterocycles. The van der Waals surface area contributed by atoms with Crippen LogP contribution in [0, 0.1) is 5.92 Å². The molecule has 1 heterocycles. The van der Waals surface area contributed by atoms with E-state index in [1.807, 2.05) is 0 Å². The van der Waals surface area contributed by atoms with Crippen LogP contribution < -0.4 is 26.1 Å². The van der Waals surface area contributed by atoms with E-state index in [0.717, 1.165) is 0 Å². The van der Waals surface area contributed by atoms with Crippen molar-refractivity contribution in [1.82, 2.24) is 0 Å². The smallest absolute Gasteiger partial charge is 0.344 e. The number of Topliss-reactive ketones (excluding diaryl/α,β-unsaturated/α-hetero) is 1. The second kappa shape index (κ2) is 7.96. The number of ketones is 1. The number of hydrazone groups is 1. The molecule has 0 saturated carbocycles. The van der Waals surface area contributed by atoms with E-state index in [1.165, 1.54) is 25.3 Å². The maximum atomic E-state index is 13.0. The normalized spacial score (nSPS) is 16.8. The summed E-state index contributed by atoms with van der Waals surface area (Å²) in [5.74, 6) is -1.82. The van der Waals surface area contributed by atoms with Gasteiger partial charge in [0.2, 0.25) is 0 Å². The van der Waals surface area contributed by atoms with E-state index in [-0.39, 0.29) is 23.6 Å². The van der Waals surface area contributed by atoms with Crippen molar-refractivity contribution in [2.75, 3.05) is 11.6 Å². The predicted molar refractivity (Wildman–Crippen MR) is 110 cm³/mol. The van der Waals surface area contributed by atoms with E-state index in [2.05, 4.69) is 5.10 Å². The summed E-state index contributed by atoms with van der Waals surface area (Å²) >= 11 is 0. The van der Waals surface area contributed by atoms with Crippen LogP contribution in [0.3, 0.4) is 0 Å². The number of benzene rings is 2. The second-order valence-electron chi connectivity index (χ2n) is 6.49. The lowest BCUT2D eigenvalue weighted by atomic mass is 9.86. The Kier molecular flexibility index (Phi) is 5.63. The quantitative estimate of drug-likeness (QED) is 0.535. The molecule has 1 aliphatic heterocycles. The molecule has 2 unspecified atom stereocenters. The molecule has 2 aromatic carbocycles. The van der Waals surface area contributed by atoms with Gasteiger partial charge in [0.15, 0.2) is 11.9 Å². The predicted octanol–water partition coefficient (Wildman–Crippen LogP) is -0.775. The van der Waals surface area contributed by atoms with Crippen LogP contribution in [0.5, 0.6) is 5.75 Å². The van der Waals surface area contributed by atoms with Crippen molar-refractivity contribution in [2.45, 2.75) is 13.0 Å². The lowest BCUT2D eigenvalue weighted by Crippen LogP contribution is -2.29. The maximum absolute atomic E-state index is 13.0. The molecule has 0 saturated heterocycles. The van der Waals surface area contributed by atoms with Gasteiger partial charge in [-0.2, -0.15) is 5.10 Å². The molecule has 28 heavy (non-hydrogen) atoms. The molecule has 1 N–H and O–H groups in total. The fraction of sp³-hybridized carbons (Fsp3) is 0.211. The third kappa shape index (κ3) is 4.13. The third-order valence-electron chi connectivity index (χ3n) is 4.34. The van der Waals surface area contributed by atoms with Gasteiger partial charge in [0.05, 0.1) is 23.7 Å². The van der Waals surface area contributed by atoms with Crippen molar-refractivity contribution in [2.24, 2.45) is 11.0 Å². The highest BCUT2D eigenvalue weighted by molar-refractivity contribution is 6.40. The van der Waals surface area contributed by atoms with Gasteiger partial charge in [0.25, 0.3) is 0 Å². The van der Waals surface area contributed by atoms with Crippen LogP contribution in [0.1, 0.15) is 17.3 Å². The fourth-order valence-electron chi connectivity index (χ4n) is 2.84. The molecule has 134 valence electrons. The van der Waals surface area contributed by atoms with Crippen LogP contribution in [-0.4, -0.2) is 59.3 Å². The van der Waals surface area contributed by atoms with Crippen LogP contribution in [0.15, 0.2) is 41.5 Å². The minimum Gasteiger partial charge on any atom is -0.479 e. The van der Waals surface area contributed by atoms with E-state index >= 15 is 0 Å². The molecular weight excluding hydrogens is 353 g/mol. The Bertz CT molecular complexity index is 964. The average molecular weight is 368 g/mol. The zero-order valence-electron chi connectivity index (χ0n) is 15.2. The van der Waals surface area contributed by atoms with Gasteiger partial charge in [0, 0.05) is 6.21 Å². The number of carbonyl (C=O) groups is 2. The van der Waals surface area contributed by atoms with Crippen LogP contribution in [0.25, 0.3) is 0 Å². The van der Waals surface area contributed by atoms with Crippen molar-refractivity contribution in [3.8, 4) is 5.75 Å². The Labute approximate surface area is 166 Å². The lowest BCUT2D eigenvalue weighted by Gasteiger charge is -2.20. The fourth-order valence-corrected chi connectivity index (χ4v) is 2.84. The Morgan fingerprint density at radius 1 is 1.18 bits per heavy atom. The van der Waals surface area contributed by atoms with Gasteiger partial charge in [-0.15, -0.1) is 0 Å². The van der Waals surface area contributed by atoms with Gasteiger partial charge in [-0.1, -0.05) is 40.7 Å². The van der Waals surface area contributed by atoms with Gasteiger partial charge in [0.1, 0.15) is 29.3 Å². The number of ether oxygens (including phenoxy) is 1. The number of aliphatic carboxylic acids is 1. The number of hydrogen-bond donors (Lipinski definition) is 1. The highest BCUT2D eigenvalue weighted by atomic mass is 16.5. The molecule has 6 radical (unpaired) electrons. The molecule has 0 aliphatic carbocycles. The summed E-state index contributed by atoms with van der Waals surface area (Å²) in [6, 6.07) is 9.57. The molecule has 0 fully saturated rings. The molecule has 2 atom stereocenters. The number of carboxylic acids is 1. The van der Waals surface area contributed by atoms with Crippen molar-refractivity contribution in [3.63, 3.8) is 0 Å². The van der Waals surface area contributed by atoms with Gasteiger partial charge in [-0.05, 0) is 19.1 Å². The van der Waals surface area contributed by atoms with E-state index in [4.69, 9.17) is 33.4 Å². The van der Waals surface area contributed by atoms with Gasteiger partial charge < -0.3 is 9.84 Å². The zero-order valence-corrected chi connectivity index (χ0v) is 15.2. The summed E-state index contributed by atoms with van der Waals surface area (Å²) < 4.78 is 5.42. The minimum atomic E-state index is -1.14. The molecular formula is C19H15B3N2O4. The lowest BCUT2D eigenvalue weighted by molar-refractivity contribution is -0.144. The first kappa shape index (κ1) is 19.8. The van der Waals surface area contributed by atoms with Crippen LogP contribution in [0.2, 0.25) is 0 Å². The van der Waals surface area contributed by atoms with Crippen molar-refractivity contribution < 1.29 is 19.4 Å². The first-order chi connectivity index (χ1) is 13.3. The zero-order chi connectivity index (χ0) is 20.4. The summed E-state index contributed by atoms with van der Waals surface area (Å²) in [4.78, 5) is 24.1. The SMILES string of the molecule is [B]c1ccc(N2CC(C(=O)c3cc([B])ccc3OC(C)C(=O)O)C=N2)c([B])c1. The van der Waals surface area contributed by atoms with Crippen molar-refractivity contribution in [3.05, 3.63) is 42.0 Å². The second-order valence-corrected chi connectivity index (χ2v) is 6.49. The summed E-state index contributed by atoms with van der Waals surface area (Å²) in [7, 11) is 17.5. The van der Waals surface area contributed by atoms with Gasteiger partial charge in [-0.3, -0.25) is 9.80 Å². The first-order valence-corrected chi connectivity index (χ1v) is 8.56. The molecule has 3 rings (SSSR count). The number of nitrogens with zero attached hydrogens (tertiary/aromatic N) is 2. The molecule has 0 bridgehead atoms. The van der Waals surface area contributed by atoms with E-state index < -0.39 is 18.0 Å². The number of anilines is 1. The van der Waals surface area contributed by atoms with E-state index in [1.54, 1.807) is 29.3 Å². The number of rotatable bonds is 6. The first-order valence-electron chi connectivity index (χ1n) is 8.56. The molecule has 1 aliphatic rings. The molecule has 6 nitrogen and oxygen atoms in total. The Balaban J connectivity index is 1.82. The third-order valence-corrected chi connectivity index (χ3v) is 4.34. The molecule has 0 amide bonds. The van der Waals surface area contributed by atoms with Crippen LogP contribution in [-0.2, 0) is 4.79 Å². The average Bonchev–Trinajstić information content (AvgIpc) is 3.12. The minimum absolute atomic E-state index is 0.160. The van der Waals surface area contributed by atoms with Crippen LogP contribution >= 0.6 is 0 Å². The Morgan fingerprint density at radius 2 is 1.86 bits per heavy atom. The van der Waals surface area contributed by atoms with Crippen molar-refractivity contribution >= 4 is 63.6 Å². The number of carbonyl (C=O) groups excluding carboxylic acids is 1. The maximum Gasteiger partial charge on any atom is 0.344 e. The van der Waals surface area contributed by atoms with Crippen molar-refractivity contribution in [1.29, 1.82) is 0 Å². The van der Waals surface area contributed by atoms with Gasteiger partial charge in [-0.25, -0.2) is 4.79 Å². The Morgan fingerprint density at radius 3 is 2.54 bits per heavy atom. The summed E-state index contributed by atoms with van der Waals surface area (Å²) in [5.41, 5.74) is 2.20. The Hall–Kier alpha value is -2.96. The van der Waals surface area contributed by atoms with Gasteiger partial charge >= 0.3 is 5.97 Å². The summed E-state index contributed by atoms with van der Waals surface area (Å²) in [6.45, 7) is 1.66. The largest absolute Gasteiger partial charge is 0.479 e. The number of hydrogen-bond acceptors (Lipinski definition) is 5.